The molecule has 0 saturated carbocycles. The smallest absolute Gasteiger partial charge is 0.351 e. The zero-order valence-corrected chi connectivity index (χ0v) is 9.41. The largest absolute Gasteiger partial charge is 0.394 e. The molecule has 1 saturated heterocycles. The van der Waals surface area contributed by atoms with Crippen molar-refractivity contribution in [3.8, 4) is 0 Å². The summed E-state index contributed by atoms with van der Waals surface area (Å²) in [6.45, 7) is 1.45. The van der Waals surface area contributed by atoms with Gasteiger partial charge in [-0.15, -0.1) is 0 Å². The Balaban J connectivity index is 2.30. The van der Waals surface area contributed by atoms with Gasteiger partial charge in [0.05, 0.1) is 12.7 Å². The molecule has 0 aliphatic carbocycles. The molecule has 0 amide bonds. The molecule has 2 unspecified atom stereocenters. The maximum Gasteiger partial charge on any atom is 0.351 e. The topological polar surface area (TPSA) is 111 Å². The monoisotopic (exact) mass is 241 g/mol. The third-order valence-corrected chi connectivity index (χ3v) is 2.87. The molecule has 7 nitrogen and oxygen atoms in total. The first-order valence-corrected chi connectivity index (χ1v) is 5.32. The number of anilines is 1. The number of hydrogen-bond acceptors (Lipinski definition) is 6. The van der Waals surface area contributed by atoms with Crippen LogP contribution in [0, 0.1) is 6.92 Å². The molecule has 1 aliphatic rings. The van der Waals surface area contributed by atoms with E-state index in [1.807, 2.05) is 0 Å². The summed E-state index contributed by atoms with van der Waals surface area (Å²) in [6.07, 6.45) is -0.265. The second-order valence-corrected chi connectivity index (χ2v) is 4.11. The Hall–Kier alpha value is -1.44. The van der Waals surface area contributed by atoms with Gasteiger partial charge in [0.1, 0.15) is 18.1 Å². The minimum absolute atomic E-state index is 0.184. The predicted molar refractivity (Wildman–Crippen MR) is 59.3 cm³/mol. The lowest BCUT2D eigenvalue weighted by atomic mass is 10.2. The molecular weight excluding hydrogens is 226 g/mol. The number of aryl methyl sites for hydroxylation is 1. The molecule has 0 bridgehead atoms. The summed E-state index contributed by atoms with van der Waals surface area (Å²) < 4.78 is 6.65. The van der Waals surface area contributed by atoms with E-state index >= 15 is 0 Å². The van der Waals surface area contributed by atoms with Crippen molar-refractivity contribution in [3.63, 3.8) is 0 Å². The second-order valence-electron chi connectivity index (χ2n) is 4.11. The fourth-order valence-corrected chi connectivity index (χ4v) is 1.84. The molecule has 1 fully saturated rings. The standard InChI is InChI=1S/C10H15N3O4/c1-5-3-13(10(16)12-9(5)11)8-2-6(15)7(4-14)17-8/h3,6-8,14-15H,2,4H2,1H3,(H2,11,12,16)/t6?,7?,8-/m1/s1. The average molecular weight is 241 g/mol. The third-order valence-electron chi connectivity index (χ3n) is 2.87. The molecule has 2 rings (SSSR count). The highest BCUT2D eigenvalue weighted by Gasteiger charge is 2.35. The van der Waals surface area contributed by atoms with Crippen LogP contribution in [-0.2, 0) is 4.74 Å². The molecule has 1 aromatic heterocycles. The number of aliphatic hydroxyl groups excluding tert-OH is 2. The van der Waals surface area contributed by atoms with E-state index in [9.17, 15) is 9.90 Å². The zero-order chi connectivity index (χ0) is 12.6. The lowest BCUT2D eigenvalue weighted by Gasteiger charge is -2.15. The Labute approximate surface area is 97.5 Å². The Morgan fingerprint density at radius 3 is 3.00 bits per heavy atom. The van der Waals surface area contributed by atoms with Gasteiger partial charge >= 0.3 is 5.69 Å². The summed E-state index contributed by atoms with van der Waals surface area (Å²) in [4.78, 5) is 15.3. The summed E-state index contributed by atoms with van der Waals surface area (Å²) in [5, 5.41) is 18.6. The molecule has 17 heavy (non-hydrogen) atoms. The number of nitrogens with two attached hydrogens (primary N) is 1. The van der Waals surface area contributed by atoms with Crippen molar-refractivity contribution < 1.29 is 14.9 Å². The lowest BCUT2D eigenvalue weighted by Crippen LogP contribution is -2.28. The number of ether oxygens (including phenoxy) is 1. The van der Waals surface area contributed by atoms with E-state index in [0.29, 0.717) is 5.56 Å². The van der Waals surface area contributed by atoms with Crippen LogP contribution in [0.1, 0.15) is 18.2 Å². The van der Waals surface area contributed by atoms with Crippen LogP contribution < -0.4 is 11.4 Å². The van der Waals surface area contributed by atoms with E-state index < -0.39 is 24.1 Å². The van der Waals surface area contributed by atoms with Gasteiger partial charge in [0, 0.05) is 18.2 Å². The first-order chi connectivity index (χ1) is 8.02. The summed E-state index contributed by atoms with van der Waals surface area (Å²) in [5.41, 5.74) is 5.65. The molecule has 94 valence electrons. The fourth-order valence-electron chi connectivity index (χ4n) is 1.84. The predicted octanol–water partition coefficient (Wildman–Crippen LogP) is -1.23. The van der Waals surface area contributed by atoms with E-state index in [1.54, 1.807) is 13.1 Å². The number of nitrogen functional groups attached to an aromatic ring is 1. The van der Waals surface area contributed by atoms with E-state index in [1.165, 1.54) is 4.57 Å². The van der Waals surface area contributed by atoms with E-state index in [4.69, 9.17) is 15.6 Å². The van der Waals surface area contributed by atoms with Crippen LogP contribution in [0.25, 0.3) is 0 Å². The van der Waals surface area contributed by atoms with Gasteiger partial charge in [0.15, 0.2) is 0 Å². The van der Waals surface area contributed by atoms with Crippen LogP contribution >= 0.6 is 0 Å². The van der Waals surface area contributed by atoms with Crippen LogP contribution in [0.2, 0.25) is 0 Å². The van der Waals surface area contributed by atoms with Crippen LogP contribution in [0.5, 0.6) is 0 Å². The SMILES string of the molecule is Cc1cn([C@H]2CC(O)C(CO)O2)c(=O)nc1N. The van der Waals surface area contributed by atoms with Crippen molar-refractivity contribution in [1.29, 1.82) is 0 Å². The molecule has 4 N–H and O–H groups in total. The minimum atomic E-state index is -0.783. The second kappa shape index (κ2) is 4.44. The summed E-state index contributed by atoms with van der Waals surface area (Å²) >= 11 is 0. The van der Waals surface area contributed by atoms with Crippen molar-refractivity contribution in [2.24, 2.45) is 0 Å². The van der Waals surface area contributed by atoms with Gasteiger partial charge < -0.3 is 20.7 Å². The molecule has 2 heterocycles. The van der Waals surface area contributed by atoms with Gasteiger partial charge in [-0.3, -0.25) is 4.57 Å². The van der Waals surface area contributed by atoms with Crippen molar-refractivity contribution in [3.05, 3.63) is 22.2 Å². The highest BCUT2D eigenvalue weighted by molar-refractivity contribution is 5.35. The van der Waals surface area contributed by atoms with Crippen LogP contribution in [0.3, 0.4) is 0 Å². The molecule has 7 heteroatoms. The van der Waals surface area contributed by atoms with E-state index in [-0.39, 0.29) is 18.8 Å². The molecule has 1 aromatic rings. The number of hydrogen-bond donors (Lipinski definition) is 3. The highest BCUT2D eigenvalue weighted by atomic mass is 16.5. The fraction of sp³-hybridized carbons (Fsp3) is 0.600. The van der Waals surface area contributed by atoms with Crippen LogP contribution in [-0.4, -0.2) is 38.6 Å². The molecular formula is C10H15N3O4. The first-order valence-electron chi connectivity index (χ1n) is 5.32. The molecule has 0 aromatic carbocycles. The summed E-state index contributed by atoms with van der Waals surface area (Å²) in [5.74, 6) is 0.184. The molecule has 1 aliphatic heterocycles. The maximum atomic E-state index is 11.6. The van der Waals surface area contributed by atoms with Gasteiger partial charge in [-0.25, -0.2) is 4.79 Å². The lowest BCUT2D eigenvalue weighted by molar-refractivity contribution is -0.0459. The number of aromatic nitrogens is 2. The van der Waals surface area contributed by atoms with Crippen LogP contribution in [0.4, 0.5) is 5.82 Å². The van der Waals surface area contributed by atoms with Crippen LogP contribution in [0.15, 0.2) is 11.0 Å². The van der Waals surface area contributed by atoms with Crippen molar-refractivity contribution in [2.45, 2.75) is 31.8 Å². The third kappa shape index (κ3) is 2.17. The Kier molecular flexibility index (Phi) is 3.14. The Morgan fingerprint density at radius 1 is 1.71 bits per heavy atom. The first kappa shape index (κ1) is 12.0. The Morgan fingerprint density at radius 2 is 2.41 bits per heavy atom. The number of aliphatic hydroxyl groups is 2. The van der Waals surface area contributed by atoms with Crippen molar-refractivity contribution >= 4 is 5.82 Å². The normalized spacial score (nSPS) is 28.5. The summed E-state index contributed by atoms with van der Waals surface area (Å²) in [7, 11) is 0. The molecule has 0 radical (unpaired) electrons. The van der Waals surface area contributed by atoms with E-state index in [0.717, 1.165) is 0 Å². The van der Waals surface area contributed by atoms with E-state index in [2.05, 4.69) is 4.98 Å². The summed E-state index contributed by atoms with van der Waals surface area (Å²) in [6, 6.07) is 0. The highest BCUT2D eigenvalue weighted by Crippen LogP contribution is 2.27. The van der Waals surface area contributed by atoms with Gasteiger partial charge in [-0.1, -0.05) is 0 Å². The average Bonchev–Trinajstić information content (AvgIpc) is 2.65. The quantitative estimate of drug-likeness (QED) is 0.598. The number of rotatable bonds is 2. The maximum absolute atomic E-state index is 11.6. The van der Waals surface area contributed by atoms with Gasteiger partial charge in [0.2, 0.25) is 0 Å². The minimum Gasteiger partial charge on any atom is -0.394 e. The Bertz CT molecular complexity index is 473. The molecule has 0 spiro atoms. The zero-order valence-electron chi connectivity index (χ0n) is 9.41. The van der Waals surface area contributed by atoms with Crippen molar-refractivity contribution in [2.75, 3.05) is 12.3 Å². The van der Waals surface area contributed by atoms with Gasteiger partial charge in [-0.05, 0) is 6.92 Å². The van der Waals surface area contributed by atoms with Gasteiger partial charge in [0.25, 0.3) is 0 Å². The van der Waals surface area contributed by atoms with Crippen molar-refractivity contribution in [1.82, 2.24) is 9.55 Å². The van der Waals surface area contributed by atoms with Gasteiger partial charge in [-0.2, -0.15) is 4.98 Å². The number of nitrogens with zero attached hydrogens (tertiary/aromatic N) is 2. The molecule has 3 atom stereocenters.